The molecule has 8 nitrogen and oxygen atoms in total. The Bertz CT molecular complexity index is 1490. The van der Waals surface area contributed by atoms with Gasteiger partial charge in [-0.25, -0.2) is 4.99 Å². The van der Waals surface area contributed by atoms with E-state index in [0.717, 1.165) is 32.2 Å². The molecule has 0 bridgehead atoms. The molecule has 3 aromatic carbocycles. The van der Waals surface area contributed by atoms with E-state index in [9.17, 15) is 14.7 Å². The normalized spacial score (nSPS) is 11.6. The molecule has 1 amide bonds. The second kappa shape index (κ2) is 12.1. The summed E-state index contributed by atoms with van der Waals surface area (Å²) in [5.74, 6) is -0.928. The van der Waals surface area contributed by atoms with Crippen LogP contribution in [0.5, 0.6) is 5.88 Å². The number of amides is 1. The van der Waals surface area contributed by atoms with Gasteiger partial charge in [-0.15, -0.1) is 0 Å². The number of aromatic nitrogens is 1. The van der Waals surface area contributed by atoms with Crippen molar-refractivity contribution < 1.29 is 19.8 Å². The average molecular weight is 577 g/mol. The van der Waals surface area contributed by atoms with Crippen molar-refractivity contribution in [2.24, 2.45) is 4.99 Å². The summed E-state index contributed by atoms with van der Waals surface area (Å²) in [4.78, 5) is 33.0. The van der Waals surface area contributed by atoms with Gasteiger partial charge in [-0.05, 0) is 61.5 Å². The van der Waals surface area contributed by atoms with Gasteiger partial charge in [0.15, 0.2) is 5.88 Å². The number of rotatable bonds is 10. The van der Waals surface area contributed by atoms with Crippen LogP contribution in [0.15, 0.2) is 76.2 Å². The number of carboxylic acid groups (broad SMARTS) is 1. The van der Waals surface area contributed by atoms with E-state index in [1.807, 2.05) is 73.8 Å². The molecule has 4 aromatic rings. The first-order valence-electron chi connectivity index (χ1n) is 12.2. The number of hydrogen-bond acceptors (Lipinski definition) is 5. The third-order valence-corrected chi connectivity index (χ3v) is 6.67. The van der Waals surface area contributed by atoms with Crippen molar-refractivity contribution in [2.45, 2.75) is 19.8 Å². The summed E-state index contributed by atoms with van der Waals surface area (Å²) >= 11 is 3.47. The average Bonchev–Trinajstić information content (AvgIpc) is 3.21. The maximum atomic E-state index is 12.2. The third-order valence-electron chi connectivity index (χ3n) is 6.17. The SMILES string of the molecule is CNCCN(C(C)=O)c1ccc(N=C(c2cccc(CCC(=O)O)c2)c2c(O)[nH]c3cc(Br)ccc23)cc1. The van der Waals surface area contributed by atoms with Gasteiger partial charge >= 0.3 is 5.97 Å². The molecule has 4 N–H and O–H groups in total. The number of hydrogen-bond donors (Lipinski definition) is 4. The van der Waals surface area contributed by atoms with Crippen molar-refractivity contribution in [1.82, 2.24) is 10.3 Å². The van der Waals surface area contributed by atoms with E-state index in [0.29, 0.717) is 36.5 Å². The van der Waals surface area contributed by atoms with Crippen LogP contribution in [0.3, 0.4) is 0 Å². The summed E-state index contributed by atoms with van der Waals surface area (Å²) < 4.78 is 0.871. The van der Waals surface area contributed by atoms with Crippen molar-refractivity contribution in [2.75, 3.05) is 25.0 Å². The molecular formula is C29H29BrN4O4. The zero-order valence-corrected chi connectivity index (χ0v) is 22.7. The summed E-state index contributed by atoms with van der Waals surface area (Å²) in [6.07, 6.45) is 0.398. The Morgan fingerprint density at radius 2 is 1.84 bits per heavy atom. The molecule has 0 spiro atoms. The van der Waals surface area contributed by atoms with E-state index in [2.05, 4.69) is 26.2 Å². The highest BCUT2D eigenvalue weighted by atomic mass is 79.9. The quantitative estimate of drug-likeness (QED) is 0.189. The number of fused-ring (bicyclic) bond motifs is 1. The van der Waals surface area contributed by atoms with Crippen LogP contribution in [0.25, 0.3) is 10.9 Å². The Labute approximate surface area is 229 Å². The molecule has 0 radical (unpaired) electrons. The number of aromatic amines is 1. The molecule has 4 rings (SSSR count). The second-order valence-electron chi connectivity index (χ2n) is 8.88. The van der Waals surface area contributed by atoms with Crippen molar-refractivity contribution in [3.8, 4) is 5.88 Å². The largest absolute Gasteiger partial charge is 0.494 e. The minimum atomic E-state index is -0.862. The number of anilines is 1. The van der Waals surface area contributed by atoms with E-state index in [1.165, 1.54) is 6.92 Å². The molecule has 0 aliphatic carbocycles. The Kier molecular flexibility index (Phi) is 8.60. The van der Waals surface area contributed by atoms with Gasteiger partial charge in [-0.3, -0.25) is 9.59 Å². The minimum Gasteiger partial charge on any atom is -0.494 e. The van der Waals surface area contributed by atoms with Gasteiger partial charge in [0, 0.05) is 47.5 Å². The first-order chi connectivity index (χ1) is 18.3. The van der Waals surface area contributed by atoms with Crippen LogP contribution in [0.2, 0.25) is 0 Å². The zero-order valence-electron chi connectivity index (χ0n) is 21.2. The van der Waals surface area contributed by atoms with Crippen LogP contribution in [-0.2, 0) is 16.0 Å². The molecule has 1 aromatic heterocycles. The van der Waals surface area contributed by atoms with Crippen LogP contribution >= 0.6 is 15.9 Å². The van der Waals surface area contributed by atoms with E-state index in [4.69, 9.17) is 10.1 Å². The number of aryl methyl sites for hydroxylation is 1. The molecule has 0 saturated heterocycles. The number of likely N-dealkylation sites (N-methyl/N-ethyl adjacent to an activating group) is 1. The number of nitrogens with zero attached hydrogens (tertiary/aromatic N) is 2. The van der Waals surface area contributed by atoms with Gasteiger partial charge in [-0.1, -0.05) is 40.2 Å². The van der Waals surface area contributed by atoms with Crippen LogP contribution in [0.4, 0.5) is 11.4 Å². The highest BCUT2D eigenvalue weighted by Gasteiger charge is 2.20. The molecule has 9 heteroatoms. The number of aliphatic imine (C=N–C) groups is 1. The van der Waals surface area contributed by atoms with Gasteiger partial charge in [0.2, 0.25) is 5.91 Å². The predicted octanol–water partition coefficient (Wildman–Crippen LogP) is 5.39. The molecule has 0 atom stereocenters. The lowest BCUT2D eigenvalue weighted by atomic mass is 9.98. The lowest BCUT2D eigenvalue weighted by Crippen LogP contribution is -2.34. The van der Waals surface area contributed by atoms with Crippen molar-refractivity contribution >= 4 is 55.8 Å². The van der Waals surface area contributed by atoms with Crippen molar-refractivity contribution in [3.63, 3.8) is 0 Å². The highest BCUT2D eigenvalue weighted by Crippen LogP contribution is 2.33. The number of H-pyrrole nitrogens is 1. The maximum Gasteiger partial charge on any atom is 0.303 e. The lowest BCUT2D eigenvalue weighted by Gasteiger charge is -2.21. The molecule has 0 aliphatic heterocycles. The highest BCUT2D eigenvalue weighted by molar-refractivity contribution is 9.10. The number of carboxylic acids is 1. The molecule has 38 heavy (non-hydrogen) atoms. The number of carbonyl (C=O) groups is 2. The summed E-state index contributed by atoms with van der Waals surface area (Å²) in [6.45, 7) is 2.74. The Morgan fingerprint density at radius 1 is 1.08 bits per heavy atom. The van der Waals surface area contributed by atoms with Gasteiger partial charge in [0.05, 0.1) is 22.5 Å². The topological polar surface area (TPSA) is 118 Å². The number of aromatic hydroxyl groups is 1. The fraction of sp³-hybridized carbons (Fsp3) is 0.207. The van der Waals surface area contributed by atoms with Crippen LogP contribution in [0.1, 0.15) is 30.0 Å². The number of nitrogens with one attached hydrogen (secondary N) is 2. The molecule has 0 unspecified atom stereocenters. The van der Waals surface area contributed by atoms with Gasteiger partial charge in [-0.2, -0.15) is 0 Å². The van der Waals surface area contributed by atoms with Crippen LogP contribution in [-0.4, -0.2) is 52.9 Å². The van der Waals surface area contributed by atoms with E-state index in [-0.39, 0.29) is 18.2 Å². The monoisotopic (exact) mass is 576 g/mol. The molecular weight excluding hydrogens is 548 g/mol. The van der Waals surface area contributed by atoms with Gasteiger partial charge in [0.1, 0.15) is 0 Å². The Morgan fingerprint density at radius 3 is 2.53 bits per heavy atom. The summed E-state index contributed by atoms with van der Waals surface area (Å²) in [7, 11) is 1.84. The first-order valence-corrected chi connectivity index (χ1v) is 13.0. The summed E-state index contributed by atoms with van der Waals surface area (Å²) in [5, 5.41) is 23.9. The number of benzene rings is 3. The van der Waals surface area contributed by atoms with E-state index < -0.39 is 5.97 Å². The molecule has 0 saturated carbocycles. The Hall–Kier alpha value is -3.95. The Balaban J connectivity index is 1.81. The molecule has 0 aliphatic rings. The second-order valence-corrected chi connectivity index (χ2v) is 9.80. The third kappa shape index (κ3) is 6.30. The van der Waals surface area contributed by atoms with Gasteiger partial charge in [0.25, 0.3) is 0 Å². The van der Waals surface area contributed by atoms with Crippen LogP contribution < -0.4 is 10.2 Å². The molecule has 0 fully saturated rings. The smallest absolute Gasteiger partial charge is 0.303 e. The van der Waals surface area contributed by atoms with Gasteiger partial charge < -0.3 is 25.4 Å². The molecule has 1 heterocycles. The maximum absolute atomic E-state index is 12.2. The minimum absolute atomic E-state index is 0.0146. The van der Waals surface area contributed by atoms with Crippen molar-refractivity contribution in [1.29, 1.82) is 0 Å². The fourth-order valence-electron chi connectivity index (χ4n) is 4.31. The summed E-state index contributed by atoms with van der Waals surface area (Å²) in [6, 6.07) is 20.6. The van der Waals surface area contributed by atoms with Crippen molar-refractivity contribution in [3.05, 3.63) is 87.9 Å². The fourth-order valence-corrected chi connectivity index (χ4v) is 4.67. The molecule has 196 valence electrons. The number of carbonyl (C=O) groups excluding carboxylic acids is 1. The van der Waals surface area contributed by atoms with E-state index in [1.54, 1.807) is 4.90 Å². The zero-order chi connectivity index (χ0) is 27.2. The predicted molar refractivity (Wildman–Crippen MR) is 154 cm³/mol. The van der Waals surface area contributed by atoms with E-state index >= 15 is 0 Å². The lowest BCUT2D eigenvalue weighted by molar-refractivity contribution is -0.137. The standard InChI is InChI=1S/C29H29BrN4O4/c1-18(35)34(15-14-31-2)23-10-8-22(9-11-23)32-28(20-5-3-4-19(16-20)6-13-26(36)37)27-24-12-7-21(30)17-25(24)33-29(27)38/h3-5,7-12,16-17,31,33,38H,6,13-15H2,1-2H3,(H,36,37). The first kappa shape index (κ1) is 27.1. The summed E-state index contributed by atoms with van der Waals surface area (Å²) in [5.41, 5.74) is 4.85. The van der Waals surface area contributed by atoms with Crippen LogP contribution in [0, 0.1) is 0 Å². The number of halogens is 1. The number of aliphatic carboxylic acids is 1.